The van der Waals surface area contributed by atoms with Gasteiger partial charge in [-0.3, -0.25) is 4.79 Å². The van der Waals surface area contributed by atoms with E-state index in [0.717, 1.165) is 17.9 Å². The molecule has 2 bridgehead atoms. The first-order chi connectivity index (χ1) is 10.0. The molecule has 3 unspecified atom stereocenters. The molecule has 0 aliphatic heterocycles. The lowest BCUT2D eigenvalue weighted by molar-refractivity contribution is -0.117. The Morgan fingerprint density at radius 3 is 2.71 bits per heavy atom. The van der Waals surface area contributed by atoms with Gasteiger partial charge < -0.3 is 10.4 Å². The molecule has 1 amide bonds. The molecule has 3 rings (SSSR count). The Balaban J connectivity index is 1.66. The molecule has 2 aliphatic rings. The van der Waals surface area contributed by atoms with Crippen molar-refractivity contribution in [2.24, 2.45) is 17.8 Å². The van der Waals surface area contributed by atoms with E-state index >= 15 is 0 Å². The molecule has 2 saturated carbocycles. The minimum absolute atomic E-state index is 0.0566. The smallest absolute Gasteiger partial charge is 0.337 e. The SMILES string of the molecule is Cc1ccc(NC(=O)CC2CC3CCC2C3)c(C(=O)O)c1. The zero-order valence-corrected chi connectivity index (χ0v) is 12.3. The zero-order valence-electron chi connectivity index (χ0n) is 12.3. The largest absolute Gasteiger partial charge is 0.478 e. The predicted octanol–water partition coefficient (Wildman–Crippen LogP) is 3.46. The van der Waals surface area contributed by atoms with Crippen LogP contribution in [0.25, 0.3) is 0 Å². The molecule has 2 fully saturated rings. The second-order valence-electron chi connectivity index (χ2n) is 6.54. The van der Waals surface area contributed by atoms with Crippen LogP contribution in [0.4, 0.5) is 5.69 Å². The standard InChI is InChI=1S/C17H21NO3/c1-10-2-5-15(14(6-10)17(20)21)18-16(19)9-13-8-11-3-4-12(13)7-11/h2,5-6,11-13H,3-4,7-9H2,1H3,(H,18,19)(H,20,21). The summed E-state index contributed by atoms with van der Waals surface area (Å²) in [5, 5.41) is 12.0. The van der Waals surface area contributed by atoms with Crippen molar-refractivity contribution in [3.63, 3.8) is 0 Å². The van der Waals surface area contributed by atoms with Crippen LogP contribution in [0.1, 0.15) is 48.0 Å². The maximum absolute atomic E-state index is 12.2. The number of anilines is 1. The van der Waals surface area contributed by atoms with E-state index in [1.54, 1.807) is 12.1 Å². The fourth-order valence-electron chi connectivity index (χ4n) is 4.01. The number of fused-ring (bicyclic) bond motifs is 2. The van der Waals surface area contributed by atoms with Crippen LogP contribution in [0.15, 0.2) is 18.2 Å². The first kappa shape index (κ1) is 14.1. The second-order valence-corrected chi connectivity index (χ2v) is 6.54. The summed E-state index contributed by atoms with van der Waals surface area (Å²) in [7, 11) is 0. The van der Waals surface area contributed by atoms with Crippen molar-refractivity contribution >= 4 is 17.6 Å². The lowest BCUT2D eigenvalue weighted by atomic mass is 9.86. The van der Waals surface area contributed by atoms with E-state index in [1.807, 2.05) is 13.0 Å². The number of carbonyl (C=O) groups excluding carboxylic acids is 1. The van der Waals surface area contributed by atoms with E-state index in [9.17, 15) is 14.7 Å². The van der Waals surface area contributed by atoms with Crippen LogP contribution in [-0.2, 0) is 4.79 Å². The molecule has 1 aromatic rings. The van der Waals surface area contributed by atoms with Gasteiger partial charge in [0.25, 0.3) is 0 Å². The summed E-state index contributed by atoms with van der Waals surface area (Å²) >= 11 is 0. The monoisotopic (exact) mass is 287 g/mol. The Kier molecular flexibility index (Phi) is 3.70. The third kappa shape index (κ3) is 2.94. The van der Waals surface area contributed by atoms with Crippen LogP contribution in [-0.4, -0.2) is 17.0 Å². The van der Waals surface area contributed by atoms with Crippen LogP contribution in [0.2, 0.25) is 0 Å². The van der Waals surface area contributed by atoms with Crippen LogP contribution in [0, 0.1) is 24.7 Å². The van der Waals surface area contributed by atoms with Gasteiger partial charge in [-0.1, -0.05) is 18.1 Å². The number of nitrogens with one attached hydrogen (secondary N) is 1. The van der Waals surface area contributed by atoms with E-state index in [0.29, 0.717) is 23.9 Å². The molecular formula is C17H21NO3. The van der Waals surface area contributed by atoms with Gasteiger partial charge in [-0.25, -0.2) is 4.79 Å². The van der Waals surface area contributed by atoms with Gasteiger partial charge in [0.15, 0.2) is 0 Å². The highest BCUT2D eigenvalue weighted by molar-refractivity contribution is 6.00. The van der Waals surface area contributed by atoms with Crippen molar-refractivity contribution in [3.8, 4) is 0 Å². The number of benzene rings is 1. The highest BCUT2D eigenvalue weighted by atomic mass is 16.4. The van der Waals surface area contributed by atoms with Crippen LogP contribution in [0.3, 0.4) is 0 Å². The summed E-state index contributed by atoms with van der Waals surface area (Å²) in [4.78, 5) is 23.5. The Bertz CT molecular complexity index is 581. The molecule has 112 valence electrons. The minimum atomic E-state index is -1.01. The molecule has 0 heterocycles. The molecule has 0 saturated heterocycles. The van der Waals surface area contributed by atoms with Crippen LogP contribution in [0.5, 0.6) is 0 Å². The van der Waals surface area contributed by atoms with E-state index < -0.39 is 5.97 Å². The lowest BCUT2D eigenvalue weighted by Gasteiger charge is -2.21. The zero-order chi connectivity index (χ0) is 15.0. The van der Waals surface area contributed by atoms with Gasteiger partial charge in [0.1, 0.15) is 0 Å². The van der Waals surface area contributed by atoms with Crippen molar-refractivity contribution in [2.45, 2.75) is 39.0 Å². The number of hydrogen-bond donors (Lipinski definition) is 2. The topological polar surface area (TPSA) is 66.4 Å². The van der Waals surface area contributed by atoms with Crippen molar-refractivity contribution in [1.29, 1.82) is 0 Å². The highest BCUT2D eigenvalue weighted by Crippen LogP contribution is 2.49. The Hall–Kier alpha value is -1.84. The molecule has 0 radical (unpaired) electrons. The van der Waals surface area contributed by atoms with Crippen LogP contribution < -0.4 is 5.32 Å². The summed E-state index contributed by atoms with van der Waals surface area (Å²) in [5.74, 6) is 0.953. The molecule has 0 spiro atoms. The van der Waals surface area contributed by atoms with E-state index in [-0.39, 0.29) is 11.5 Å². The van der Waals surface area contributed by atoms with E-state index in [4.69, 9.17) is 0 Å². The second kappa shape index (κ2) is 5.51. The van der Waals surface area contributed by atoms with Gasteiger partial charge >= 0.3 is 5.97 Å². The Morgan fingerprint density at radius 2 is 2.10 bits per heavy atom. The molecule has 2 aliphatic carbocycles. The number of carbonyl (C=O) groups is 2. The number of amides is 1. The van der Waals surface area contributed by atoms with Crippen molar-refractivity contribution < 1.29 is 14.7 Å². The summed E-state index contributed by atoms with van der Waals surface area (Å²) in [6.45, 7) is 1.84. The number of carboxylic acids is 1. The van der Waals surface area contributed by atoms with Gasteiger partial charge in [-0.2, -0.15) is 0 Å². The number of hydrogen-bond acceptors (Lipinski definition) is 2. The Labute approximate surface area is 124 Å². The maximum atomic E-state index is 12.2. The van der Waals surface area contributed by atoms with E-state index in [2.05, 4.69) is 5.32 Å². The molecule has 1 aromatic carbocycles. The fourth-order valence-corrected chi connectivity index (χ4v) is 4.01. The fraction of sp³-hybridized carbons (Fsp3) is 0.529. The molecule has 21 heavy (non-hydrogen) atoms. The third-order valence-corrected chi connectivity index (χ3v) is 5.01. The molecule has 3 atom stereocenters. The average molecular weight is 287 g/mol. The average Bonchev–Trinajstić information content (AvgIpc) is 3.02. The van der Waals surface area contributed by atoms with Crippen molar-refractivity contribution in [1.82, 2.24) is 0 Å². The molecule has 0 aromatic heterocycles. The van der Waals surface area contributed by atoms with Gasteiger partial charge in [0.05, 0.1) is 11.3 Å². The molecular weight excluding hydrogens is 266 g/mol. The number of aryl methyl sites for hydroxylation is 1. The normalized spacial score (nSPS) is 26.8. The third-order valence-electron chi connectivity index (χ3n) is 5.01. The Morgan fingerprint density at radius 1 is 1.29 bits per heavy atom. The lowest BCUT2D eigenvalue weighted by Crippen LogP contribution is -2.21. The maximum Gasteiger partial charge on any atom is 0.337 e. The van der Waals surface area contributed by atoms with Crippen LogP contribution >= 0.6 is 0 Å². The summed E-state index contributed by atoms with van der Waals surface area (Å²) in [5.41, 5.74) is 1.44. The quantitative estimate of drug-likeness (QED) is 0.891. The molecule has 2 N–H and O–H groups in total. The van der Waals surface area contributed by atoms with Gasteiger partial charge in [-0.05, 0) is 56.1 Å². The molecule has 4 heteroatoms. The van der Waals surface area contributed by atoms with Crippen molar-refractivity contribution in [2.75, 3.05) is 5.32 Å². The number of carboxylic acid groups (broad SMARTS) is 1. The van der Waals surface area contributed by atoms with Gasteiger partial charge in [-0.15, -0.1) is 0 Å². The highest BCUT2D eigenvalue weighted by Gasteiger charge is 2.40. The summed E-state index contributed by atoms with van der Waals surface area (Å²) in [6, 6.07) is 5.09. The van der Waals surface area contributed by atoms with Crippen molar-refractivity contribution in [3.05, 3.63) is 29.3 Å². The first-order valence-electron chi connectivity index (χ1n) is 7.66. The number of aromatic carboxylic acids is 1. The summed E-state index contributed by atoms with van der Waals surface area (Å²) in [6.07, 6.45) is 5.55. The number of rotatable bonds is 4. The summed E-state index contributed by atoms with van der Waals surface area (Å²) < 4.78 is 0. The molecule has 4 nitrogen and oxygen atoms in total. The van der Waals surface area contributed by atoms with E-state index in [1.165, 1.54) is 19.3 Å². The minimum Gasteiger partial charge on any atom is -0.478 e. The first-order valence-corrected chi connectivity index (χ1v) is 7.66. The van der Waals surface area contributed by atoms with Gasteiger partial charge in [0, 0.05) is 6.42 Å². The predicted molar refractivity (Wildman–Crippen MR) is 80.3 cm³/mol. The van der Waals surface area contributed by atoms with Gasteiger partial charge in [0.2, 0.25) is 5.91 Å².